The molecule has 1 heterocycles. The van der Waals surface area contributed by atoms with Crippen molar-refractivity contribution in [3.8, 4) is 0 Å². The van der Waals surface area contributed by atoms with Gasteiger partial charge in [0.15, 0.2) is 0 Å². The van der Waals surface area contributed by atoms with E-state index in [0.717, 1.165) is 0 Å². The predicted molar refractivity (Wildman–Crippen MR) is 70.8 cm³/mol. The Balaban J connectivity index is 1.86. The topological polar surface area (TPSA) is 68.0 Å². The van der Waals surface area contributed by atoms with Gasteiger partial charge >= 0.3 is 0 Å². The molecule has 106 valence electrons. The Hall–Kier alpha value is -2.24. The van der Waals surface area contributed by atoms with Crippen molar-refractivity contribution >= 4 is 5.91 Å². The van der Waals surface area contributed by atoms with E-state index in [1.165, 1.54) is 18.2 Å². The molecule has 0 unspecified atom stereocenters. The lowest BCUT2D eigenvalue weighted by Crippen LogP contribution is -2.26. The molecule has 2 rings (SSSR count). The molecule has 0 aliphatic rings. The van der Waals surface area contributed by atoms with Gasteiger partial charge in [-0.2, -0.15) is 0 Å². The van der Waals surface area contributed by atoms with Crippen molar-refractivity contribution in [1.82, 2.24) is 15.5 Å². The molecule has 0 atom stereocenters. The van der Waals surface area contributed by atoms with Crippen LogP contribution in [0.3, 0.4) is 0 Å². The standard InChI is InChI=1S/C14H16FN3O2/c1-9(2)14-18-17-12(20-14)7-8-16-13(19)10-5-3-4-6-11(10)15/h3-6,9H,7-8H2,1-2H3,(H,16,19). The Kier molecular flexibility index (Phi) is 4.45. The van der Waals surface area contributed by atoms with Crippen molar-refractivity contribution in [2.24, 2.45) is 0 Å². The van der Waals surface area contributed by atoms with Crippen LogP contribution in [0.4, 0.5) is 4.39 Å². The van der Waals surface area contributed by atoms with E-state index < -0.39 is 11.7 Å². The van der Waals surface area contributed by atoms with Crippen molar-refractivity contribution < 1.29 is 13.6 Å². The van der Waals surface area contributed by atoms with Gasteiger partial charge in [0.25, 0.3) is 5.91 Å². The average molecular weight is 277 g/mol. The third kappa shape index (κ3) is 3.40. The van der Waals surface area contributed by atoms with E-state index in [0.29, 0.717) is 24.7 Å². The highest BCUT2D eigenvalue weighted by molar-refractivity contribution is 5.94. The monoisotopic (exact) mass is 277 g/mol. The van der Waals surface area contributed by atoms with Crippen molar-refractivity contribution in [3.63, 3.8) is 0 Å². The second-order valence-corrected chi connectivity index (χ2v) is 4.67. The maximum Gasteiger partial charge on any atom is 0.254 e. The van der Waals surface area contributed by atoms with Gasteiger partial charge in [-0.25, -0.2) is 4.39 Å². The highest BCUT2D eigenvalue weighted by atomic mass is 19.1. The summed E-state index contributed by atoms with van der Waals surface area (Å²) in [5, 5.41) is 10.4. The van der Waals surface area contributed by atoms with E-state index in [1.807, 2.05) is 13.8 Å². The molecule has 20 heavy (non-hydrogen) atoms. The summed E-state index contributed by atoms with van der Waals surface area (Å²) in [5.41, 5.74) is 0.0286. The summed E-state index contributed by atoms with van der Waals surface area (Å²) in [5.74, 6) is 0.212. The van der Waals surface area contributed by atoms with Gasteiger partial charge < -0.3 is 9.73 Å². The molecule has 2 aromatic rings. The Labute approximate surface area is 116 Å². The molecule has 0 aliphatic carbocycles. The van der Waals surface area contributed by atoms with Crippen LogP contribution in [0.1, 0.15) is 41.9 Å². The summed E-state index contributed by atoms with van der Waals surface area (Å²) < 4.78 is 18.8. The summed E-state index contributed by atoms with van der Waals surface area (Å²) in [7, 11) is 0. The highest BCUT2D eigenvalue weighted by Crippen LogP contribution is 2.12. The number of hydrogen-bond acceptors (Lipinski definition) is 4. The number of nitrogens with one attached hydrogen (secondary N) is 1. The number of nitrogens with zero attached hydrogens (tertiary/aromatic N) is 2. The maximum atomic E-state index is 13.4. The van der Waals surface area contributed by atoms with Crippen LogP contribution in [0.5, 0.6) is 0 Å². The third-order valence-corrected chi connectivity index (χ3v) is 2.72. The van der Waals surface area contributed by atoms with E-state index in [2.05, 4.69) is 15.5 Å². The Morgan fingerprint density at radius 2 is 2.10 bits per heavy atom. The second kappa shape index (κ2) is 6.27. The third-order valence-electron chi connectivity index (χ3n) is 2.72. The van der Waals surface area contributed by atoms with Gasteiger partial charge in [0.05, 0.1) is 5.56 Å². The lowest BCUT2D eigenvalue weighted by atomic mass is 10.2. The van der Waals surface area contributed by atoms with Crippen LogP contribution in [-0.4, -0.2) is 22.6 Å². The van der Waals surface area contributed by atoms with E-state index in [9.17, 15) is 9.18 Å². The van der Waals surface area contributed by atoms with Gasteiger partial charge in [-0.15, -0.1) is 10.2 Å². The molecule has 1 amide bonds. The Morgan fingerprint density at radius 1 is 1.35 bits per heavy atom. The van der Waals surface area contributed by atoms with Crippen molar-refractivity contribution in [2.75, 3.05) is 6.54 Å². The minimum absolute atomic E-state index is 0.0286. The van der Waals surface area contributed by atoms with Crippen LogP contribution in [0, 0.1) is 5.82 Å². The molecular formula is C14H16FN3O2. The van der Waals surface area contributed by atoms with Gasteiger partial charge in [-0.1, -0.05) is 26.0 Å². The lowest BCUT2D eigenvalue weighted by Gasteiger charge is -2.04. The number of carbonyl (C=O) groups excluding carboxylic acids is 1. The Morgan fingerprint density at radius 3 is 2.75 bits per heavy atom. The predicted octanol–water partition coefficient (Wildman–Crippen LogP) is 2.30. The molecule has 5 nitrogen and oxygen atoms in total. The molecule has 0 radical (unpaired) electrons. The first-order valence-corrected chi connectivity index (χ1v) is 6.43. The first-order chi connectivity index (χ1) is 9.58. The minimum Gasteiger partial charge on any atom is -0.425 e. The zero-order valence-electron chi connectivity index (χ0n) is 11.4. The van der Waals surface area contributed by atoms with Crippen molar-refractivity contribution in [1.29, 1.82) is 0 Å². The van der Waals surface area contributed by atoms with Crippen LogP contribution in [0.15, 0.2) is 28.7 Å². The fourth-order valence-electron chi connectivity index (χ4n) is 1.62. The van der Waals surface area contributed by atoms with Crippen LogP contribution >= 0.6 is 0 Å². The highest BCUT2D eigenvalue weighted by Gasteiger charge is 2.12. The summed E-state index contributed by atoms with van der Waals surface area (Å²) in [6.45, 7) is 4.22. The number of rotatable bonds is 5. The van der Waals surface area contributed by atoms with E-state index >= 15 is 0 Å². The normalized spacial score (nSPS) is 10.8. The number of amides is 1. The van der Waals surface area contributed by atoms with Crippen molar-refractivity contribution in [3.05, 3.63) is 47.4 Å². The molecule has 0 aliphatic heterocycles. The van der Waals surface area contributed by atoms with Gasteiger partial charge in [-0.05, 0) is 12.1 Å². The van der Waals surface area contributed by atoms with Crippen LogP contribution in [-0.2, 0) is 6.42 Å². The molecule has 0 saturated heterocycles. The summed E-state index contributed by atoms with van der Waals surface area (Å²) >= 11 is 0. The Bertz CT molecular complexity index is 596. The number of aromatic nitrogens is 2. The molecular weight excluding hydrogens is 261 g/mol. The quantitative estimate of drug-likeness (QED) is 0.910. The van der Waals surface area contributed by atoms with E-state index in [4.69, 9.17) is 4.42 Å². The van der Waals surface area contributed by atoms with Gasteiger partial charge in [0.2, 0.25) is 11.8 Å². The van der Waals surface area contributed by atoms with E-state index in [-0.39, 0.29) is 11.5 Å². The SMILES string of the molecule is CC(C)c1nnc(CCNC(=O)c2ccccc2F)o1. The number of hydrogen-bond donors (Lipinski definition) is 1. The lowest BCUT2D eigenvalue weighted by molar-refractivity contribution is 0.0949. The maximum absolute atomic E-state index is 13.4. The first kappa shape index (κ1) is 14.2. The molecule has 0 spiro atoms. The van der Waals surface area contributed by atoms with E-state index in [1.54, 1.807) is 6.07 Å². The van der Waals surface area contributed by atoms with Crippen LogP contribution in [0.25, 0.3) is 0 Å². The first-order valence-electron chi connectivity index (χ1n) is 6.43. The summed E-state index contributed by atoms with van der Waals surface area (Å²) in [6, 6.07) is 5.85. The molecule has 0 bridgehead atoms. The number of carbonyl (C=O) groups is 1. The largest absolute Gasteiger partial charge is 0.425 e. The molecule has 6 heteroatoms. The molecule has 1 aromatic carbocycles. The van der Waals surface area contributed by atoms with Crippen LogP contribution < -0.4 is 5.32 Å². The minimum atomic E-state index is -0.537. The zero-order chi connectivity index (χ0) is 14.5. The summed E-state index contributed by atoms with van der Waals surface area (Å²) in [4.78, 5) is 11.8. The van der Waals surface area contributed by atoms with Gasteiger partial charge in [0.1, 0.15) is 5.82 Å². The van der Waals surface area contributed by atoms with Gasteiger partial charge in [0, 0.05) is 18.9 Å². The number of halogens is 1. The second-order valence-electron chi connectivity index (χ2n) is 4.67. The zero-order valence-corrected chi connectivity index (χ0v) is 11.4. The molecule has 1 N–H and O–H groups in total. The molecule has 1 aromatic heterocycles. The summed E-state index contributed by atoms with van der Waals surface area (Å²) in [6.07, 6.45) is 0.417. The van der Waals surface area contributed by atoms with Gasteiger partial charge in [-0.3, -0.25) is 4.79 Å². The van der Waals surface area contributed by atoms with Crippen LogP contribution in [0.2, 0.25) is 0 Å². The average Bonchev–Trinajstić information content (AvgIpc) is 2.88. The number of benzene rings is 1. The molecule has 0 fully saturated rings. The fourth-order valence-corrected chi connectivity index (χ4v) is 1.62. The smallest absolute Gasteiger partial charge is 0.254 e. The van der Waals surface area contributed by atoms with Crippen molar-refractivity contribution in [2.45, 2.75) is 26.2 Å². The fraction of sp³-hybridized carbons (Fsp3) is 0.357. The molecule has 0 saturated carbocycles.